The fourth-order valence-electron chi connectivity index (χ4n) is 4.25. The molecule has 0 bridgehead atoms. The summed E-state index contributed by atoms with van der Waals surface area (Å²) in [7, 11) is 3.11. The van der Waals surface area contributed by atoms with E-state index in [0.29, 0.717) is 29.6 Å². The van der Waals surface area contributed by atoms with Crippen LogP contribution in [0.3, 0.4) is 0 Å². The minimum atomic E-state index is -0.148. The molecule has 33 heavy (non-hydrogen) atoms. The van der Waals surface area contributed by atoms with Gasteiger partial charge in [-0.15, -0.1) is 0 Å². The van der Waals surface area contributed by atoms with Crippen LogP contribution in [0.25, 0.3) is 11.1 Å². The topological polar surface area (TPSA) is 86.7 Å². The minimum absolute atomic E-state index is 0.112. The summed E-state index contributed by atoms with van der Waals surface area (Å²) in [5, 5.41) is 0. The molecule has 3 aromatic rings. The van der Waals surface area contributed by atoms with Crippen LogP contribution in [0.1, 0.15) is 36.0 Å². The molecule has 172 valence electrons. The maximum absolute atomic E-state index is 13.3. The van der Waals surface area contributed by atoms with E-state index >= 15 is 0 Å². The Hall–Kier alpha value is -3.68. The number of nitrogens with zero attached hydrogens (tertiary/aromatic N) is 4. The van der Waals surface area contributed by atoms with Gasteiger partial charge in [-0.05, 0) is 56.0 Å². The number of ether oxygens (including phenoxy) is 3. The van der Waals surface area contributed by atoms with Crippen molar-refractivity contribution >= 4 is 5.91 Å². The average molecular weight is 449 g/mol. The smallest absolute Gasteiger partial charge is 0.261 e. The van der Waals surface area contributed by atoms with Crippen LogP contribution in [0.5, 0.6) is 17.2 Å². The highest BCUT2D eigenvalue weighted by molar-refractivity contribution is 5.79. The summed E-state index contributed by atoms with van der Waals surface area (Å²) in [6, 6.07) is 7.17. The van der Waals surface area contributed by atoms with Crippen molar-refractivity contribution in [3.63, 3.8) is 0 Å². The predicted molar refractivity (Wildman–Crippen MR) is 123 cm³/mol. The van der Waals surface area contributed by atoms with Gasteiger partial charge in [-0.1, -0.05) is 6.07 Å². The molecule has 1 fully saturated rings. The maximum atomic E-state index is 13.3. The van der Waals surface area contributed by atoms with Crippen molar-refractivity contribution in [2.24, 2.45) is 0 Å². The summed E-state index contributed by atoms with van der Waals surface area (Å²) in [6.07, 6.45) is 7.16. The van der Waals surface area contributed by atoms with Gasteiger partial charge in [0.1, 0.15) is 5.82 Å². The summed E-state index contributed by atoms with van der Waals surface area (Å²) < 4.78 is 16.6. The molecular weight excluding hydrogens is 420 g/mol. The molecule has 8 heteroatoms. The average Bonchev–Trinajstić information content (AvgIpc) is 3.32. The van der Waals surface area contributed by atoms with Gasteiger partial charge in [0.25, 0.3) is 5.91 Å². The fraction of sp³-hybridized carbons (Fsp3) is 0.360. The Bertz CT molecular complexity index is 1130. The number of amides is 1. The van der Waals surface area contributed by atoms with E-state index in [0.717, 1.165) is 35.2 Å². The SMILES string of the molecule is COc1cccc(OC)c1OCC(=O)N1CCC[C@H]1c1nc(C)ncc1-c1ccncc1C. The first-order valence-corrected chi connectivity index (χ1v) is 10.9. The zero-order valence-corrected chi connectivity index (χ0v) is 19.4. The number of carbonyl (C=O) groups excluding carboxylic acids is 1. The Morgan fingerprint density at radius 1 is 1.09 bits per heavy atom. The van der Waals surface area contributed by atoms with E-state index in [1.807, 2.05) is 43.3 Å². The van der Waals surface area contributed by atoms with Gasteiger partial charge in [-0.2, -0.15) is 0 Å². The van der Waals surface area contributed by atoms with Crippen molar-refractivity contribution in [3.8, 4) is 28.4 Å². The summed E-state index contributed by atoms with van der Waals surface area (Å²) in [6.45, 7) is 4.40. The van der Waals surface area contributed by atoms with E-state index < -0.39 is 0 Å². The van der Waals surface area contributed by atoms with Crippen LogP contribution in [0.4, 0.5) is 0 Å². The highest BCUT2D eigenvalue weighted by Crippen LogP contribution is 2.39. The van der Waals surface area contributed by atoms with Gasteiger partial charge >= 0.3 is 0 Å². The number of benzene rings is 1. The number of rotatable bonds is 7. The first-order valence-electron chi connectivity index (χ1n) is 10.9. The molecule has 2 aromatic heterocycles. The lowest BCUT2D eigenvalue weighted by molar-refractivity contribution is -0.134. The molecule has 3 heterocycles. The molecule has 0 saturated carbocycles. The number of hydrogen-bond acceptors (Lipinski definition) is 7. The largest absolute Gasteiger partial charge is 0.493 e. The van der Waals surface area contributed by atoms with Crippen LogP contribution in [0, 0.1) is 13.8 Å². The Morgan fingerprint density at radius 3 is 2.55 bits per heavy atom. The minimum Gasteiger partial charge on any atom is -0.493 e. The van der Waals surface area contributed by atoms with Gasteiger partial charge in [0.15, 0.2) is 18.1 Å². The fourth-order valence-corrected chi connectivity index (χ4v) is 4.25. The standard InChI is InChI=1S/C25H28N4O4/c1-16-13-26-11-10-18(16)19-14-27-17(2)28-24(19)20-7-6-12-29(20)23(30)15-33-25-21(31-3)8-5-9-22(25)32-4/h5,8-11,13-14,20H,6-7,12,15H2,1-4H3/t20-/m0/s1. The zero-order chi connectivity index (χ0) is 23.4. The molecule has 1 aliphatic heterocycles. The summed E-state index contributed by atoms with van der Waals surface area (Å²) >= 11 is 0. The molecule has 1 aromatic carbocycles. The molecule has 8 nitrogen and oxygen atoms in total. The van der Waals surface area contributed by atoms with Crippen LogP contribution >= 0.6 is 0 Å². The number of hydrogen-bond donors (Lipinski definition) is 0. The van der Waals surface area contributed by atoms with Crippen LogP contribution < -0.4 is 14.2 Å². The molecule has 0 N–H and O–H groups in total. The van der Waals surface area contributed by atoms with Crippen LogP contribution in [-0.2, 0) is 4.79 Å². The zero-order valence-electron chi connectivity index (χ0n) is 19.4. The number of pyridine rings is 1. The lowest BCUT2D eigenvalue weighted by atomic mass is 9.97. The first kappa shape index (κ1) is 22.5. The highest BCUT2D eigenvalue weighted by atomic mass is 16.5. The Morgan fingerprint density at radius 2 is 1.85 bits per heavy atom. The van der Waals surface area contributed by atoms with Crippen molar-refractivity contribution in [3.05, 3.63) is 59.9 Å². The molecular formula is C25H28N4O4. The van der Waals surface area contributed by atoms with E-state index in [1.54, 1.807) is 32.5 Å². The van der Waals surface area contributed by atoms with Crippen molar-refractivity contribution in [1.29, 1.82) is 0 Å². The number of likely N-dealkylation sites (tertiary alicyclic amines) is 1. The van der Waals surface area contributed by atoms with Gasteiger partial charge in [0, 0.05) is 30.7 Å². The summed E-state index contributed by atoms with van der Waals surface area (Å²) in [5.41, 5.74) is 3.85. The van der Waals surface area contributed by atoms with E-state index in [2.05, 4.69) is 9.97 Å². The lowest BCUT2D eigenvalue weighted by Gasteiger charge is -2.26. The maximum Gasteiger partial charge on any atom is 0.261 e. The third-order valence-electron chi connectivity index (χ3n) is 5.86. The second kappa shape index (κ2) is 9.85. The second-order valence-electron chi connectivity index (χ2n) is 7.93. The molecule has 0 aliphatic carbocycles. The van der Waals surface area contributed by atoms with Crippen LogP contribution in [-0.4, -0.2) is 53.1 Å². The number of aryl methyl sites for hydroxylation is 2. The molecule has 1 atom stereocenters. The first-order chi connectivity index (χ1) is 16.0. The lowest BCUT2D eigenvalue weighted by Crippen LogP contribution is -2.35. The van der Waals surface area contributed by atoms with E-state index in [4.69, 9.17) is 19.2 Å². The molecule has 0 unspecified atom stereocenters. The molecule has 4 rings (SSSR count). The van der Waals surface area contributed by atoms with Crippen LogP contribution in [0.15, 0.2) is 42.9 Å². The Kier molecular flexibility index (Phi) is 6.72. The van der Waals surface area contributed by atoms with Crippen molar-refractivity contribution in [2.45, 2.75) is 32.7 Å². The molecule has 1 saturated heterocycles. The van der Waals surface area contributed by atoms with E-state index in [1.165, 1.54) is 0 Å². The summed E-state index contributed by atoms with van der Waals surface area (Å²) in [4.78, 5) is 28.5. The van der Waals surface area contributed by atoms with Gasteiger partial charge < -0.3 is 19.1 Å². The quantitative estimate of drug-likeness (QED) is 0.541. The van der Waals surface area contributed by atoms with E-state index in [-0.39, 0.29) is 18.6 Å². The Labute approximate surface area is 193 Å². The third kappa shape index (κ3) is 4.60. The number of methoxy groups -OCH3 is 2. The summed E-state index contributed by atoms with van der Waals surface area (Å²) in [5.74, 6) is 2.01. The van der Waals surface area contributed by atoms with Gasteiger partial charge in [-0.3, -0.25) is 9.78 Å². The second-order valence-corrected chi connectivity index (χ2v) is 7.93. The number of para-hydroxylation sites is 1. The van der Waals surface area contributed by atoms with Gasteiger partial charge in [0.2, 0.25) is 5.75 Å². The third-order valence-corrected chi connectivity index (χ3v) is 5.86. The predicted octanol–water partition coefficient (Wildman–Crippen LogP) is 3.92. The highest BCUT2D eigenvalue weighted by Gasteiger charge is 2.33. The Balaban J connectivity index is 1.60. The monoisotopic (exact) mass is 448 g/mol. The van der Waals surface area contributed by atoms with Crippen molar-refractivity contribution < 1.29 is 19.0 Å². The number of aromatic nitrogens is 3. The van der Waals surface area contributed by atoms with Gasteiger partial charge in [0.05, 0.1) is 26.0 Å². The molecule has 1 amide bonds. The molecule has 0 spiro atoms. The normalized spacial score (nSPS) is 15.4. The number of carbonyl (C=O) groups is 1. The van der Waals surface area contributed by atoms with Crippen molar-refractivity contribution in [2.75, 3.05) is 27.4 Å². The van der Waals surface area contributed by atoms with Crippen molar-refractivity contribution in [1.82, 2.24) is 19.9 Å². The molecule has 0 radical (unpaired) electrons. The van der Waals surface area contributed by atoms with E-state index in [9.17, 15) is 4.79 Å². The molecule has 1 aliphatic rings. The van der Waals surface area contributed by atoms with Gasteiger partial charge in [-0.25, -0.2) is 9.97 Å². The van der Waals surface area contributed by atoms with Crippen LogP contribution in [0.2, 0.25) is 0 Å².